The molecule has 782 valence electrons. The highest BCUT2D eigenvalue weighted by Crippen LogP contribution is 2.70. The van der Waals surface area contributed by atoms with E-state index in [0.29, 0.717) is 98.0 Å². The van der Waals surface area contributed by atoms with Gasteiger partial charge in [-0.1, -0.05) is 251 Å². The molecule has 13 rings (SSSR count). The average molecular weight is 2000 g/mol. The molecule has 1 aromatic carbocycles. The van der Waals surface area contributed by atoms with E-state index < -0.39 is 31.5 Å². The van der Waals surface area contributed by atoms with E-state index in [1.165, 1.54) is 194 Å². The topological polar surface area (TPSA) is 189 Å². The maximum atomic E-state index is 11.8. The molecule has 12 aliphatic rings. The summed E-state index contributed by atoms with van der Waals surface area (Å²) >= 11 is 0. The lowest BCUT2D eigenvalue weighted by Gasteiger charge is -2.61. The molecule has 10 aliphatic carbocycles. The normalized spacial score (nSPS) is 37.3. The zero-order valence-corrected chi connectivity index (χ0v) is 95.9. The minimum absolute atomic E-state index is 0. The van der Waals surface area contributed by atoms with Gasteiger partial charge in [-0.3, -0.25) is 4.79 Å². The molecule has 12 nitrogen and oxygen atoms in total. The first-order chi connectivity index (χ1) is 61.4. The van der Waals surface area contributed by atoms with Gasteiger partial charge in [-0.05, 0) is 415 Å². The number of esters is 1. The van der Waals surface area contributed by atoms with Gasteiger partial charge in [0.05, 0.1) is 52.5 Å². The number of carbonyl (C=O) groups is 1. The van der Waals surface area contributed by atoms with Crippen molar-refractivity contribution in [2.45, 2.75) is 491 Å². The number of fused-ring (bicyclic) bond motifs is 9. The van der Waals surface area contributed by atoms with Crippen molar-refractivity contribution in [3.8, 4) is 0 Å². The maximum absolute atomic E-state index is 11.8. The molecule has 0 radical (unpaired) electrons. The number of ether oxygens (including phenoxy) is 2. The van der Waals surface area contributed by atoms with Crippen LogP contribution in [0, 0.1) is 120 Å². The standard InChI is InChI=1S/C20H38O2P2.C20H36O2.C20H36OP2.C16H26O2.C16H30O2.C16H28O.C7H7ClO2S.2CH4/c1-15(10-14-22-24-23)7-8-17-19(4)12-6-11-18(2,3)16(19)9-13-20(17,5)21;1-7-18(4,21)13-9-16-19(5)12-8-11-17(2,3)15(19)10-14-20(16,6)22;1-17(2)9-6-10-18(3)11-7-12-19(4)13-8-14-20(5)15-16-21-23-22;1-14(2)7-5-8-15(3)11(14)6-9-16(4)12(15)10-13(17)18-16;1-14(2)8-5-9-15(3)12(14)6-10-16(4,18)13(15)7-11-17;1-14(2)8-5-9-15(3)12(14)6-10-16(4)13(15)7-11-17-16;1-6-2-4-7(5-3-6)11(8,9)10;;/h10,16-17,21,24H,6-9,11-14,23H2,1-5H3;7,15-16,21-22H,1,8-14H2,2-6H3;9,11,13,15,23H,6-8,10,12,14,16,22H2,1-5H3;11-12H,5-10H2,1-4H3;12-13,17-18H,5-11H2,1-4H3;12-13H,5-11H2,1-4H3;2-5H,1H3;2*1H4/b15-10+;;18-11+,19-13+,20-15+;;;;;;/t16-,17?,19-,20+;15-,16?,18+,19-,20+;;11-,12+,15-,16+;2*12-,13+,15-,16+;;;/m00.000.../s1. The molecule has 0 amide bonds. The predicted molar refractivity (Wildman–Crippen MR) is 589 cm³/mol. The molecule has 6 unspecified atom stereocenters. The first-order valence-electron chi connectivity index (χ1n) is 52.9. The summed E-state index contributed by atoms with van der Waals surface area (Å²) in [6.07, 6.45) is 57.4. The van der Waals surface area contributed by atoms with Gasteiger partial charge in [0.25, 0.3) is 9.05 Å². The minimum Gasteiger partial charge on any atom is -0.459 e. The van der Waals surface area contributed by atoms with E-state index in [2.05, 4.69) is 221 Å². The molecule has 0 spiro atoms. The predicted octanol–water partition coefficient (Wildman–Crippen LogP) is 33.2. The number of hydrogen-bond donors (Lipinski definition) is 5. The summed E-state index contributed by atoms with van der Waals surface area (Å²) in [5.74, 6) is 5.97. The Morgan fingerprint density at radius 1 is 0.467 bits per heavy atom. The Morgan fingerprint density at radius 3 is 1.17 bits per heavy atom. The number of aliphatic hydroxyl groups is 5. The third kappa shape index (κ3) is 32.1. The summed E-state index contributed by atoms with van der Waals surface area (Å²) in [5.41, 5.74) is 9.42. The number of benzene rings is 1. The molecule has 2 aliphatic heterocycles. The lowest BCUT2D eigenvalue weighted by Crippen LogP contribution is -2.57. The van der Waals surface area contributed by atoms with Crippen molar-refractivity contribution in [1.29, 1.82) is 0 Å². The molecule has 2 saturated heterocycles. The van der Waals surface area contributed by atoms with Crippen LogP contribution in [0.1, 0.15) is 451 Å². The molecular formula is C117H209ClO12P4S. The smallest absolute Gasteiger partial charge is 0.306 e. The fourth-order valence-electron chi connectivity index (χ4n) is 31.6. The van der Waals surface area contributed by atoms with Crippen LogP contribution in [0.3, 0.4) is 0 Å². The van der Waals surface area contributed by atoms with Crippen LogP contribution >= 0.6 is 45.5 Å². The first-order valence-corrected chi connectivity index (χ1v) is 60.6. The lowest BCUT2D eigenvalue weighted by atomic mass is 9.45. The molecule has 1 aromatic rings. The molecule has 25 atom stereocenters. The second kappa shape index (κ2) is 50.9. The van der Waals surface area contributed by atoms with E-state index in [9.17, 15) is 38.7 Å². The van der Waals surface area contributed by atoms with Crippen LogP contribution in [0.4, 0.5) is 0 Å². The fraction of sp³-hybridized carbons (Fsp3) is 0.838. The number of carbonyl (C=O) groups excluding carboxylic acids is 1. The number of allylic oxidation sites excluding steroid dienone is 8. The van der Waals surface area contributed by atoms with Crippen LogP contribution in [0.15, 0.2) is 100 Å². The molecular weight excluding hydrogens is 1790 g/mol. The third-order valence-electron chi connectivity index (χ3n) is 38.6. The summed E-state index contributed by atoms with van der Waals surface area (Å²) in [7, 11) is 7.74. The van der Waals surface area contributed by atoms with Crippen molar-refractivity contribution in [1.82, 2.24) is 0 Å². The Balaban J connectivity index is 0.000000280. The van der Waals surface area contributed by atoms with Gasteiger partial charge in [-0.2, -0.15) is 0 Å². The molecule has 135 heavy (non-hydrogen) atoms. The quantitative estimate of drug-likeness (QED) is 0.0205. The number of hydrogen-bond acceptors (Lipinski definition) is 12. The van der Waals surface area contributed by atoms with E-state index in [4.69, 9.17) is 29.2 Å². The Labute approximate surface area is 843 Å². The highest BCUT2D eigenvalue weighted by Gasteiger charge is 2.65. The zero-order valence-electron chi connectivity index (χ0n) is 90.0. The summed E-state index contributed by atoms with van der Waals surface area (Å²) in [6, 6.07) is 6.37. The molecule has 18 heteroatoms. The van der Waals surface area contributed by atoms with E-state index in [1.807, 2.05) is 27.7 Å². The van der Waals surface area contributed by atoms with E-state index in [0.717, 1.165) is 119 Å². The van der Waals surface area contributed by atoms with Crippen LogP contribution in [-0.2, 0) is 32.4 Å². The van der Waals surface area contributed by atoms with Crippen molar-refractivity contribution < 1.29 is 57.3 Å². The number of aliphatic hydroxyl groups excluding tert-OH is 1. The number of halogens is 1. The van der Waals surface area contributed by atoms with Crippen molar-refractivity contribution in [2.75, 3.05) is 26.4 Å². The van der Waals surface area contributed by atoms with Crippen LogP contribution in [0.5, 0.6) is 0 Å². The molecule has 2 heterocycles. The second-order valence-electron chi connectivity index (χ2n) is 51.3. The largest absolute Gasteiger partial charge is 0.459 e. The number of aryl methyl sites for hydroxylation is 1. The second-order valence-corrected chi connectivity index (χ2v) is 56.4. The third-order valence-corrected chi connectivity index (χ3v) is 41.6. The summed E-state index contributed by atoms with van der Waals surface area (Å²) in [6.45, 7) is 70.6. The van der Waals surface area contributed by atoms with E-state index in [1.54, 1.807) is 18.2 Å². The van der Waals surface area contributed by atoms with Crippen LogP contribution in [-0.4, -0.2) is 100.0 Å². The van der Waals surface area contributed by atoms with Crippen molar-refractivity contribution >= 4 is 60.6 Å². The SMILES string of the molecule is C.C.C/C(=C\COPP)CCC1[C@](C)(O)CC[C@H]2C(C)(C)CCC[C@]12C.C=C[C@@](C)(O)CCC1[C@](C)(O)CC[C@H]2C(C)(C)CCC[C@]12C.CC(C)=CCC/C(C)=C/CC/C(C)=C/CC/C(C)=C/COPP.CC1(C)CCC[C@]2(C)[C@@H](CCO)[C@](C)(O)CC[C@@H]12.CC1(C)CCC[C@]2(C)[C@H]3CC(=O)O[C@]3(C)CC[C@@H]12.CC1(C)CCC[C@]2(C)[C@H]3CCO[C@]3(C)CC[C@@H]12.Cc1ccc(S(=O)(=O)Cl)cc1. The molecule has 12 fully saturated rings. The van der Waals surface area contributed by atoms with E-state index in [-0.39, 0.29) is 71.6 Å². The van der Waals surface area contributed by atoms with Gasteiger partial charge in [0.1, 0.15) is 5.60 Å². The molecule has 10 saturated carbocycles. The van der Waals surface area contributed by atoms with Crippen LogP contribution < -0.4 is 0 Å². The van der Waals surface area contributed by atoms with Gasteiger partial charge >= 0.3 is 5.97 Å². The summed E-state index contributed by atoms with van der Waals surface area (Å²) < 4.78 is 44.0. The summed E-state index contributed by atoms with van der Waals surface area (Å²) in [4.78, 5) is 11.9. The Morgan fingerprint density at radius 2 is 0.800 bits per heavy atom. The van der Waals surface area contributed by atoms with Crippen LogP contribution in [0.25, 0.3) is 0 Å². The summed E-state index contributed by atoms with van der Waals surface area (Å²) in [5, 5.41) is 52.7. The molecule has 0 bridgehead atoms. The van der Waals surface area contributed by atoms with Crippen LogP contribution in [0.2, 0.25) is 0 Å². The highest BCUT2D eigenvalue weighted by atomic mass is 35.7. The molecule has 0 aromatic heterocycles. The van der Waals surface area contributed by atoms with Crippen molar-refractivity contribution in [2.24, 2.45) is 113 Å². The van der Waals surface area contributed by atoms with Gasteiger partial charge in [-0.15, -0.1) is 6.58 Å². The first kappa shape index (κ1) is 124. The van der Waals surface area contributed by atoms with Gasteiger partial charge < -0.3 is 44.1 Å². The van der Waals surface area contributed by atoms with Crippen molar-refractivity contribution in [3.63, 3.8) is 0 Å². The van der Waals surface area contributed by atoms with E-state index >= 15 is 0 Å². The van der Waals surface area contributed by atoms with Gasteiger partial charge in [0.2, 0.25) is 0 Å². The maximum Gasteiger partial charge on any atom is 0.306 e. The molecule has 5 N–H and O–H groups in total. The monoisotopic (exact) mass is 2000 g/mol. The Kier molecular flexibility index (Phi) is 46.9. The minimum atomic E-state index is -3.55. The fourth-order valence-corrected chi connectivity index (χ4v) is 33.3. The Hall–Kier alpha value is -1.23. The lowest BCUT2D eigenvalue weighted by molar-refractivity contribution is -0.172. The van der Waals surface area contributed by atoms with Gasteiger partial charge in [-0.25, -0.2) is 8.42 Å². The Bertz CT molecular complexity index is 4130. The average Bonchev–Trinajstić information content (AvgIpc) is 1.70. The zero-order chi connectivity index (χ0) is 99.9. The van der Waals surface area contributed by atoms with Crippen molar-refractivity contribution in [3.05, 3.63) is 101 Å². The number of rotatable bonds is 25. The highest BCUT2D eigenvalue weighted by molar-refractivity contribution is 8.13. The van der Waals surface area contributed by atoms with Gasteiger partial charge in [0, 0.05) is 46.8 Å². The van der Waals surface area contributed by atoms with Gasteiger partial charge in [0.15, 0.2) is 0 Å².